The van der Waals surface area contributed by atoms with Gasteiger partial charge in [0.05, 0.1) is 35.9 Å². The minimum absolute atomic E-state index is 0.149. The molecule has 0 atom stereocenters. The number of aromatic nitrogens is 2. The van der Waals surface area contributed by atoms with E-state index in [1.807, 2.05) is 42.5 Å². The number of carbonyl (C=O) groups excluding carboxylic acids is 1. The van der Waals surface area contributed by atoms with Gasteiger partial charge in [0.15, 0.2) is 16.6 Å². The molecule has 42 heavy (non-hydrogen) atoms. The Morgan fingerprint density at radius 1 is 0.976 bits per heavy atom. The number of anilines is 1. The van der Waals surface area contributed by atoms with Crippen molar-refractivity contribution in [1.82, 2.24) is 14.3 Å². The van der Waals surface area contributed by atoms with Gasteiger partial charge in [-0.25, -0.2) is 13.4 Å². The summed E-state index contributed by atoms with van der Waals surface area (Å²) in [6.45, 7) is 0.964. The second-order valence-electron chi connectivity index (χ2n) is 9.81. The van der Waals surface area contributed by atoms with Crippen molar-refractivity contribution in [1.29, 1.82) is 0 Å². The van der Waals surface area contributed by atoms with E-state index in [1.165, 1.54) is 33.3 Å². The van der Waals surface area contributed by atoms with Gasteiger partial charge in [-0.1, -0.05) is 41.7 Å². The van der Waals surface area contributed by atoms with Crippen LogP contribution in [0.2, 0.25) is 0 Å². The van der Waals surface area contributed by atoms with Crippen LogP contribution in [0.4, 0.5) is 5.13 Å². The second kappa shape index (κ2) is 11.5. The fraction of sp³-hybridized carbons (Fsp3) is 0.194. The monoisotopic (exact) mass is 600 g/mol. The van der Waals surface area contributed by atoms with Crippen molar-refractivity contribution >= 4 is 42.6 Å². The van der Waals surface area contributed by atoms with Gasteiger partial charge < -0.3 is 9.47 Å². The summed E-state index contributed by atoms with van der Waals surface area (Å²) in [5.41, 5.74) is 4.02. The Morgan fingerprint density at radius 2 is 1.71 bits per heavy atom. The van der Waals surface area contributed by atoms with Crippen molar-refractivity contribution in [3.63, 3.8) is 0 Å². The number of sulfonamides is 1. The summed E-state index contributed by atoms with van der Waals surface area (Å²) in [6.07, 6.45) is 4.04. The quantitative estimate of drug-likeness (QED) is 0.238. The third-order valence-electron chi connectivity index (χ3n) is 7.26. The first-order valence-corrected chi connectivity index (χ1v) is 15.5. The van der Waals surface area contributed by atoms with E-state index in [2.05, 4.69) is 4.98 Å². The number of hydrogen-bond donors (Lipinski definition) is 0. The number of hydrogen-bond acceptors (Lipinski definition) is 8. The molecule has 1 aliphatic rings. The molecule has 0 fully saturated rings. The number of methoxy groups -OCH3 is 2. The van der Waals surface area contributed by atoms with Crippen molar-refractivity contribution in [3.05, 3.63) is 107 Å². The molecular formula is C31H28N4O5S2. The molecule has 11 heteroatoms. The van der Waals surface area contributed by atoms with E-state index in [1.54, 1.807) is 49.7 Å². The molecule has 3 heterocycles. The number of carbonyl (C=O) groups is 1. The number of pyridine rings is 1. The van der Waals surface area contributed by atoms with Crippen LogP contribution in [0, 0.1) is 0 Å². The number of rotatable bonds is 8. The zero-order valence-electron chi connectivity index (χ0n) is 23.1. The Kier molecular flexibility index (Phi) is 7.63. The van der Waals surface area contributed by atoms with Crippen LogP contribution in [-0.4, -0.2) is 49.4 Å². The van der Waals surface area contributed by atoms with Crippen molar-refractivity contribution in [2.24, 2.45) is 0 Å². The van der Waals surface area contributed by atoms with Crippen LogP contribution in [-0.2, 0) is 29.5 Å². The molecule has 5 aromatic rings. The molecule has 0 radical (unpaired) electrons. The molecule has 3 aromatic carbocycles. The minimum Gasteiger partial charge on any atom is -0.493 e. The highest BCUT2D eigenvalue weighted by molar-refractivity contribution is 7.89. The van der Waals surface area contributed by atoms with Crippen LogP contribution in [0.25, 0.3) is 10.2 Å². The summed E-state index contributed by atoms with van der Waals surface area (Å²) in [4.78, 5) is 24.6. The van der Waals surface area contributed by atoms with E-state index in [-0.39, 0.29) is 17.3 Å². The molecule has 0 spiro atoms. The zero-order chi connectivity index (χ0) is 29.3. The first-order chi connectivity index (χ1) is 20.4. The van der Waals surface area contributed by atoms with Gasteiger partial charge in [-0.15, -0.1) is 0 Å². The molecule has 0 aliphatic carbocycles. The third kappa shape index (κ3) is 5.34. The molecule has 1 aliphatic heterocycles. The van der Waals surface area contributed by atoms with E-state index in [0.29, 0.717) is 47.2 Å². The van der Waals surface area contributed by atoms with E-state index < -0.39 is 10.0 Å². The van der Waals surface area contributed by atoms with Gasteiger partial charge in [-0.05, 0) is 53.4 Å². The molecule has 0 bridgehead atoms. The van der Waals surface area contributed by atoms with Gasteiger partial charge in [0.1, 0.15) is 0 Å². The lowest BCUT2D eigenvalue weighted by Crippen LogP contribution is -2.36. The molecule has 214 valence electrons. The van der Waals surface area contributed by atoms with E-state index in [9.17, 15) is 13.2 Å². The molecule has 6 rings (SSSR count). The normalized spacial score (nSPS) is 13.5. The summed E-state index contributed by atoms with van der Waals surface area (Å²) in [5.74, 6) is 0.799. The van der Waals surface area contributed by atoms with Gasteiger partial charge in [-0.3, -0.25) is 14.7 Å². The fourth-order valence-corrected chi connectivity index (χ4v) is 7.40. The number of thiazole rings is 1. The Morgan fingerprint density at radius 3 is 2.43 bits per heavy atom. The smallest absolute Gasteiger partial charge is 0.260 e. The number of nitrogens with zero attached hydrogens (tertiary/aromatic N) is 4. The summed E-state index contributed by atoms with van der Waals surface area (Å²) in [5, 5.41) is 0.484. The maximum Gasteiger partial charge on any atom is 0.260 e. The number of benzene rings is 3. The van der Waals surface area contributed by atoms with Crippen LogP contribution < -0.4 is 14.4 Å². The van der Waals surface area contributed by atoms with E-state index in [0.717, 1.165) is 15.8 Å². The summed E-state index contributed by atoms with van der Waals surface area (Å²) in [6, 6.07) is 21.3. The summed E-state index contributed by atoms with van der Waals surface area (Å²) in [7, 11) is -0.606. The largest absolute Gasteiger partial charge is 0.493 e. The lowest BCUT2D eigenvalue weighted by Gasteiger charge is -2.28. The number of amides is 1. The average molecular weight is 601 g/mol. The number of fused-ring (bicyclic) bond motifs is 2. The molecular weight excluding hydrogens is 572 g/mol. The summed E-state index contributed by atoms with van der Waals surface area (Å²) >= 11 is 1.35. The highest BCUT2D eigenvalue weighted by Crippen LogP contribution is 2.38. The molecule has 0 N–H and O–H groups in total. The first kappa shape index (κ1) is 27.8. The van der Waals surface area contributed by atoms with Crippen LogP contribution in [0.1, 0.15) is 27.0 Å². The van der Waals surface area contributed by atoms with Gasteiger partial charge in [0.2, 0.25) is 10.0 Å². The Balaban J connectivity index is 1.31. The van der Waals surface area contributed by atoms with Gasteiger partial charge in [0, 0.05) is 43.2 Å². The predicted molar refractivity (Wildman–Crippen MR) is 162 cm³/mol. The standard InChI is InChI=1S/C31H28N4O5S2/c1-39-27-16-26-29(17-28(27)40-2)41-31(33-26)35(19-21-6-5-14-32-18-21)30(36)23-9-11-25(12-10-23)42(37,38)34-15-13-22-7-3-4-8-24(22)20-34/h3-12,14,16-18H,13,15,19-20H2,1-2H3. The molecule has 0 unspecified atom stereocenters. The van der Waals surface area contributed by atoms with Crippen molar-refractivity contribution in [2.75, 3.05) is 25.7 Å². The minimum atomic E-state index is -3.73. The van der Waals surface area contributed by atoms with E-state index in [4.69, 9.17) is 14.5 Å². The van der Waals surface area contributed by atoms with Gasteiger partial charge >= 0.3 is 0 Å². The van der Waals surface area contributed by atoms with Gasteiger partial charge in [-0.2, -0.15) is 4.31 Å². The third-order valence-corrected chi connectivity index (χ3v) is 10.2. The SMILES string of the molecule is COc1cc2nc(N(Cc3cccnc3)C(=O)c3ccc(S(=O)(=O)N4CCc5ccccc5C4)cc3)sc2cc1OC. The maximum atomic E-state index is 13.9. The highest BCUT2D eigenvalue weighted by atomic mass is 32.2. The number of ether oxygens (including phenoxy) is 2. The topological polar surface area (TPSA) is 102 Å². The summed E-state index contributed by atoms with van der Waals surface area (Å²) < 4.78 is 40.1. The second-order valence-corrected chi connectivity index (χ2v) is 12.8. The molecule has 2 aromatic heterocycles. The Hall–Kier alpha value is -4.32. The zero-order valence-corrected chi connectivity index (χ0v) is 24.7. The molecule has 0 saturated heterocycles. The van der Waals surface area contributed by atoms with Crippen LogP contribution in [0.3, 0.4) is 0 Å². The molecule has 0 saturated carbocycles. The maximum absolute atomic E-state index is 13.9. The van der Waals surface area contributed by atoms with Gasteiger partial charge in [0.25, 0.3) is 5.91 Å². The van der Waals surface area contributed by atoms with Crippen LogP contribution in [0.15, 0.2) is 90.1 Å². The lowest BCUT2D eigenvalue weighted by atomic mass is 10.0. The van der Waals surface area contributed by atoms with Crippen LogP contribution >= 0.6 is 11.3 Å². The lowest BCUT2D eigenvalue weighted by molar-refractivity contribution is 0.0985. The average Bonchev–Trinajstić information content (AvgIpc) is 3.45. The predicted octanol–water partition coefficient (Wildman–Crippen LogP) is 5.30. The van der Waals surface area contributed by atoms with Crippen molar-refractivity contribution in [2.45, 2.75) is 24.4 Å². The highest BCUT2D eigenvalue weighted by Gasteiger charge is 2.29. The molecule has 1 amide bonds. The first-order valence-electron chi connectivity index (χ1n) is 13.3. The fourth-order valence-electron chi connectivity index (χ4n) is 5.01. The van der Waals surface area contributed by atoms with Crippen molar-refractivity contribution < 1.29 is 22.7 Å². The Labute approximate surface area is 248 Å². The van der Waals surface area contributed by atoms with E-state index >= 15 is 0 Å². The molecule has 9 nitrogen and oxygen atoms in total. The van der Waals surface area contributed by atoms with Crippen molar-refractivity contribution in [3.8, 4) is 11.5 Å². The Bertz CT molecular complexity index is 1820. The van der Waals surface area contributed by atoms with Crippen LogP contribution in [0.5, 0.6) is 11.5 Å².